The van der Waals surface area contributed by atoms with Gasteiger partial charge in [-0.25, -0.2) is 9.98 Å². The first kappa shape index (κ1) is 20.1. The molecule has 0 spiro atoms. The van der Waals surface area contributed by atoms with Gasteiger partial charge in [0.25, 0.3) is 0 Å². The third-order valence-corrected chi connectivity index (χ3v) is 6.37. The number of nitrogens with one attached hydrogen (secondary N) is 2. The van der Waals surface area contributed by atoms with Crippen molar-refractivity contribution in [3.8, 4) is 0 Å². The summed E-state index contributed by atoms with van der Waals surface area (Å²) in [6, 6.07) is 3.01. The van der Waals surface area contributed by atoms with E-state index in [0.717, 1.165) is 44.3 Å². The summed E-state index contributed by atoms with van der Waals surface area (Å²) < 4.78 is 0. The molecule has 3 aliphatic carbocycles. The van der Waals surface area contributed by atoms with Crippen LogP contribution in [-0.2, 0) is 4.79 Å². The van der Waals surface area contributed by atoms with Crippen molar-refractivity contribution >= 4 is 29.2 Å². The minimum atomic E-state index is -0.793. The van der Waals surface area contributed by atoms with E-state index in [-0.39, 0.29) is 35.2 Å². The molecule has 1 aromatic heterocycles. The Kier molecular flexibility index (Phi) is 5.52. The quantitative estimate of drug-likeness (QED) is 0.366. The Balaban J connectivity index is 1.70. The second-order valence-electron chi connectivity index (χ2n) is 8.12. The number of carbonyl (C=O) groups is 1. The predicted molar refractivity (Wildman–Crippen MR) is 116 cm³/mol. The molecule has 0 aromatic carbocycles. The van der Waals surface area contributed by atoms with Gasteiger partial charge in [0.2, 0.25) is 0 Å². The molecule has 0 unspecified atom stereocenters. The Morgan fingerprint density at radius 2 is 2.00 bits per heavy atom. The van der Waals surface area contributed by atoms with Crippen LogP contribution in [0.1, 0.15) is 37.7 Å². The van der Waals surface area contributed by atoms with Crippen molar-refractivity contribution < 1.29 is 9.90 Å². The molecule has 9 nitrogen and oxygen atoms in total. The number of nitrogens with two attached hydrogens (primary N) is 2. The topological polar surface area (TPSA) is 163 Å². The van der Waals surface area contributed by atoms with Crippen LogP contribution in [0, 0.1) is 23.2 Å². The molecule has 2 bridgehead atoms. The zero-order chi connectivity index (χ0) is 21.3. The highest BCUT2D eigenvalue weighted by Crippen LogP contribution is 2.47. The Labute approximate surface area is 174 Å². The van der Waals surface area contributed by atoms with Gasteiger partial charge in [0, 0.05) is 18.3 Å². The van der Waals surface area contributed by atoms with Gasteiger partial charge in [-0.2, -0.15) is 0 Å². The molecule has 158 valence electrons. The van der Waals surface area contributed by atoms with Crippen LogP contribution in [0.25, 0.3) is 0 Å². The highest BCUT2D eigenvalue weighted by molar-refractivity contribution is 6.48. The average molecular weight is 409 g/mol. The van der Waals surface area contributed by atoms with Gasteiger partial charge in [0.15, 0.2) is 11.7 Å². The third kappa shape index (κ3) is 3.79. The molecule has 30 heavy (non-hydrogen) atoms. The van der Waals surface area contributed by atoms with Gasteiger partial charge < -0.3 is 21.9 Å². The summed E-state index contributed by atoms with van der Waals surface area (Å²) in [5.74, 6) is -0.372. The van der Waals surface area contributed by atoms with E-state index in [2.05, 4.69) is 15.3 Å². The van der Waals surface area contributed by atoms with E-state index in [1.165, 1.54) is 0 Å². The largest absolute Gasteiger partial charge is 0.481 e. The van der Waals surface area contributed by atoms with Crippen LogP contribution in [0.3, 0.4) is 0 Å². The monoisotopic (exact) mass is 409 g/mol. The second kappa shape index (κ2) is 8.25. The van der Waals surface area contributed by atoms with E-state index in [1.807, 2.05) is 6.08 Å². The van der Waals surface area contributed by atoms with E-state index in [0.29, 0.717) is 11.4 Å². The lowest BCUT2D eigenvalue weighted by molar-refractivity contribution is -0.148. The van der Waals surface area contributed by atoms with E-state index in [4.69, 9.17) is 21.9 Å². The number of hydrogen-bond acceptors (Lipinski definition) is 6. The number of hydrogen-bond donors (Lipinski definition) is 5. The first-order chi connectivity index (χ1) is 14.5. The van der Waals surface area contributed by atoms with E-state index in [1.54, 1.807) is 18.3 Å². The van der Waals surface area contributed by atoms with Crippen molar-refractivity contribution in [3.63, 3.8) is 0 Å². The molecule has 3 saturated carbocycles. The number of carboxylic acid groups (broad SMARTS) is 1. The fraction of sp³-hybridized carbons (Fsp3) is 0.476. The Bertz CT molecular complexity index is 944. The van der Waals surface area contributed by atoms with Crippen molar-refractivity contribution in [1.29, 1.82) is 5.41 Å². The number of nitrogen functional groups attached to an aromatic ring is 1. The normalized spacial score (nSPS) is 28.7. The SMILES string of the molecule is N=C(C(N)=NC(=N[C@H]1C2CCC(CC2)[C@@H]1C(=O)O)C1=CCCN1)c1cccnc1N. The molecule has 3 fully saturated rings. The number of rotatable bonds is 5. The van der Waals surface area contributed by atoms with Crippen LogP contribution >= 0.6 is 0 Å². The van der Waals surface area contributed by atoms with Gasteiger partial charge >= 0.3 is 5.97 Å². The summed E-state index contributed by atoms with van der Waals surface area (Å²) in [6.07, 6.45) is 8.22. The zero-order valence-electron chi connectivity index (χ0n) is 16.7. The van der Waals surface area contributed by atoms with Gasteiger partial charge in [-0.3, -0.25) is 15.2 Å². The lowest BCUT2D eigenvalue weighted by Gasteiger charge is -2.45. The molecule has 0 saturated heterocycles. The number of aliphatic carboxylic acids is 1. The summed E-state index contributed by atoms with van der Waals surface area (Å²) in [7, 11) is 0. The predicted octanol–water partition coefficient (Wildman–Crippen LogP) is 1.55. The fourth-order valence-electron chi connectivity index (χ4n) is 4.85. The first-order valence-electron chi connectivity index (χ1n) is 10.3. The maximum atomic E-state index is 12.0. The Morgan fingerprint density at radius 3 is 2.63 bits per heavy atom. The van der Waals surface area contributed by atoms with E-state index >= 15 is 0 Å². The number of aromatic nitrogens is 1. The van der Waals surface area contributed by atoms with Gasteiger partial charge in [-0.15, -0.1) is 0 Å². The smallest absolute Gasteiger partial charge is 0.308 e. The minimum absolute atomic E-state index is 0.0316. The Hall–Kier alpha value is -3.23. The van der Waals surface area contributed by atoms with Crippen molar-refractivity contribution in [2.75, 3.05) is 12.3 Å². The number of amidine groups is 2. The van der Waals surface area contributed by atoms with Gasteiger partial charge in [-0.05, 0) is 56.1 Å². The number of pyridine rings is 1. The van der Waals surface area contributed by atoms with Crippen LogP contribution in [0.2, 0.25) is 0 Å². The van der Waals surface area contributed by atoms with Crippen molar-refractivity contribution in [1.82, 2.24) is 10.3 Å². The lowest BCUT2D eigenvalue weighted by Crippen LogP contribution is -2.47. The fourth-order valence-corrected chi connectivity index (χ4v) is 4.85. The van der Waals surface area contributed by atoms with Crippen LogP contribution in [0.15, 0.2) is 40.1 Å². The number of fused-ring (bicyclic) bond motifs is 3. The summed E-state index contributed by atoms with van der Waals surface area (Å²) in [6.45, 7) is 0.760. The number of aliphatic imine (C=N–C) groups is 2. The molecular weight excluding hydrogens is 382 g/mol. The van der Waals surface area contributed by atoms with Crippen LogP contribution in [0.4, 0.5) is 5.82 Å². The summed E-state index contributed by atoms with van der Waals surface area (Å²) in [5, 5.41) is 21.5. The molecule has 1 aliphatic heterocycles. The third-order valence-electron chi connectivity index (χ3n) is 6.37. The van der Waals surface area contributed by atoms with Crippen molar-refractivity contribution in [3.05, 3.63) is 35.7 Å². The standard InChI is InChI=1S/C21H27N7O2/c22-16(13-3-1-10-26-18(13)23)19(24)28-20(14-4-2-9-25-14)27-17-12-7-5-11(6-8-12)15(17)21(29)30/h1,3-4,10-12,15,17,22,25H,2,5-9H2,(H2,23,26)(H,29,30)(H2,24,27,28)/t11?,12?,15-,17-/m0/s1. The van der Waals surface area contributed by atoms with Crippen molar-refractivity contribution in [2.24, 2.45) is 33.5 Å². The molecule has 9 heteroatoms. The summed E-state index contributed by atoms with van der Waals surface area (Å²) in [5.41, 5.74) is 13.1. The molecule has 2 heterocycles. The van der Waals surface area contributed by atoms with E-state index < -0.39 is 11.9 Å². The molecule has 2 atom stereocenters. The number of nitrogens with zero attached hydrogens (tertiary/aromatic N) is 3. The zero-order valence-corrected chi connectivity index (χ0v) is 16.7. The summed E-state index contributed by atoms with van der Waals surface area (Å²) >= 11 is 0. The van der Waals surface area contributed by atoms with Gasteiger partial charge in [0.1, 0.15) is 11.5 Å². The van der Waals surface area contributed by atoms with Crippen LogP contribution in [0.5, 0.6) is 0 Å². The first-order valence-corrected chi connectivity index (χ1v) is 10.3. The van der Waals surface area contributed by atoms with Crippen LogP contribution in [-0.4, -0.2) is 46.0 Å². The van der Waals surface area contributed by atoms with E-state index in [9.17, 15) is 9.90 Å². The molecule has 0 radical (unpaired) electrons. The number of anilines is 1. The van der Waals surface area contributed by atoms with Gasteiger partial charge in [0.05, 0.1) is 17.7 Å². The Morgan fingerprint density at radius 1 is 1.27 bits per heavy atom. The molecule has 7 N–H and O–H groups in total. The molecule has 1 aromatic rings. The molecule has 0 amide bonds. The lowest BCUT2D eigenvalue weighted by atomic mass is 9.62. The highest BCUT2D eigenvalue weighted by Gasteiger charge is 2.47. The summed E-state index contributed by atoms with van der Waals surface area (Å²) in [4.78, 5) is 25.3. The molecule has 5 rings (SSSR count). The maximum Gasteiger partial charge on any atom is 0.308 e. The minimum Gasteiger partial charge on any atom is -0.481 e. The average Bonchev–Trinajstić information content (AvgIpc) is 3.28. The second-order valence-corrected chi connectivity index (χ2v) is 8.12. The number of carboxylic acids is 1. The van der Waals surface area contributed by atoms with Crippen LogP contribution < -0.4 is 16.8 Å². The molecule has 4 aliphatic rings. The van der Waals surface area contributed by atoms with Crippen molar-refractivity contribution in [2.45, 2.75) is 38.1 Å². The maximum absolute atomic E-state index is 12.0. The molecular formula is C21H27N7O2. The highest BCUT2D eigenvalue weighted by atomic mass is 16.4. The van der Waals surface area contributed by atoms with Gasteiger partial charge in [-0.1, -0.05) is 6.08 Å².